The molecule has 4 nitrogen and oxygen atoms in total. The molecule has 5 rings (SSSR count). The minimum Gasteiger partial charge on any atom is -0.394 e. The van der Waals surface area contributed by atoms with Crippen molar-refractivity contribution in [1.82, 2.24) is 0 Å². The van der Waals surface area contributed by atoms with Gasteiger partial charge in [-0.1, -0.05) is 44.2 Å². The molecule has 5 atom stereocenters. The van der Waals surface area contributed by atoms with Gasteiger partial charge in [0.15, 0.2) is 5.60 Å². The second kappa shape index (κ2) is 5.08. The lowest BCUT2D eigenvalue weighted by atomic mass is 9.42. The molecule has 2 N–H and O–H groups in total. The topological polar surface area (TPSA) is 48.8 Å². The first-order valence-electron chi connectivity index (χ1n) is 8.89. The van der Waals surface area contributed by atoms with Gasteiger partial charge < -0.3 is 15.0 Å². The minimum atomic E-state index is -0.755. The van der Waals surface area contributed by atoms with E-state index in [1.165, 1.54) is 5.56 Å². The molecule has 24 heavy (non-hydrogen) atoms. The van der Waals surface area contributed by atoms with Gasteiger partial charge in [-0.15, -0.1) is 0 Å². The van der Waals surface area contributed by atoms with Crippen LogP contribution in [0.25, 0.3) is 4.85 Å². The van der Waals surface area contributed by atoms with Crippen LogP contribution in [0, 0.1) is 23.8 Å². The highest BCUT2D eigenvalue weighted by Gasteiger charge is 2.81. The van der Waals surface area contributed by atoms with Crippen LogP contribution in [0.4, 0.5) is 0 Å². The lowest BCUT2D eigenvalue weighted by Crippen LogP contribution is -2.70. The highest BCUT2D eigenvalue weighted by atomic mass is 16.7. The maximum Gasteiger partial charge on any atom is 0.481 e. The fourth-order valence-corrected chi connectivity index (χ4v) is 5.27. The van der Waals surface area contributed by atoms with Crippen molar-refractivity contribution >= 4 is 7.12 Å². The first-order chi connectivity index (χ1) is 11.3. The summed E-state index contributed by atoms with van der Waals surface area (Å²) in [6.45, 7) is 12.6. The van der Waals surface area contributed by atoms with E-state index in [0.717, 1.165) is 12.8 Å². The second-order valence-electron chi connectivity index (χ2n) is 8.49. The Morgan fingerprint density at radius 2 is 2.00 bits per heavy atom. The summed E-state index contributed by atoms with van der Waals surface area (Å²) >= 11 is 0. The molecule has 0 amide bonds. The van der Waals surface area contributed by atoms with Gasteiger partial charge in [0.25, 0.3) is 6.57 Å². The van der Waals surface area contributed by atoms with Crippen LogP contribution in [0.2, 0.25) is 0 Å². The van der Waals surface area contributed by atoms with E-state index in [2.05, 4.69) is 37.7 Å². The fraction of sp³-hybridized carbons (Fsp3) is 0.632. The average Bonchev–Trinajstić information content (AvgIpc) is 2.89. The number of nitrogens with two attached hydrogens (primary N) is 1. The van der Waals surface area contributed by atoms with Gasteiger partial charge in [0.05, 0.1) is 6.42 Å². The molecule has 1 aromatic rings. The molecular formula is C19H26BN2O2+. The summed E-state index contributed by atoms with van der Waals surface area (Å²) in [5, 5.41) is 0. The van der Waals surface area contributed by atoms with Crippen molar-refractivity contribution in [2.75, 3.05) is 0 Å². The highest BCUT2D eigenvalue weighted by Crippen LogP contribution is 2.69. The van der Waals surface area contributed by atoms with Gasteiger partial charge in [0.1, 0.15) is 0 Å². The van der Waals surface area contributed by atoms with Gasteiger partial charge in [-0.25, -0.2) is 0 Å². The van der Waals surface area contributed by atoms with E-state index >= 15 is 0 Å². The average molecular weight is 325 g/mol. The molecule has 2 bridgehead atoms. The van der Waals surface area contributed by atoms with E-state index < -0.39 is 18.4 Å². The zero-order valence-electron chi connectivity index (χ0n) is 14.7. The predicted octanol–water partition coefficient (Wildman–Crippen LogP) is 3.11. The lowest BCUT2D eigenvalue weighted by molar-refractivity contribution is -0.226. The Labute approximate surface area is 144 Å². The van der Waals surface area contributed by atoms with Crippen LogP contribution in [0.3, 0.4) is 0 Å². The maximum absolute atomic E-state index is 6.45. The Morgan fingerprint density at radius 1 is 1.29 bits per heavy atom. The van der Waals surface area contributed by atoms with Crippen molar-refractivity contribution in [3.8, 4) is 6.57 Å². The summed E-state index contributed by atoms with van der Waals surface area (Å²) < 4.78 is 12.7. The van der Waals surface area contributed by atoms with Crippen LogP contribution in [-0.2, 0) is 15.7 Å². The van der Waals surface area contributed by atoms with Crippen LogP contribution in [0.1, 0.15) is 39.2 Å². The normalized spacial score (nSPS) is 40.4. The van der Waals surface area contributed by atoms with E-state index in [1.807, 2.05) is 18.2 Å². The third-order valence-corrected chi connectivity index (χ3v) is 6.98. The summed E-state index contributed by atoms with van der Waals surface area (Å²) in [6, 6.07) is 10.2. The molecule has 0 unspecified atom stereocenters. The molecule has 1 aliphatic heterocycles. The molecule has 1 aromatic carbocycles. The summed E-state index contributed by atoms with van der Waals surface area (Å²) in [5.74, 6) is 0.731. The van der Waals surface area contributed by atoms with Crippen molar-refractivity contribution in [2.45, 2.75) is 57.3 Å². The molecule has 5 heteroatoms. The van der Waals surface area contributed by atoms with Gasteiger partial charge in [0, 0.05) is 11.9 Å². The largest absolute Gasteiger partial charge is 0.481 e. The summed E-state index contributed by atoms with van der Waals surface area (Å²) in [7, 11) is -0.474. The predicted molar refractivity (Wildman–Crippen MR) is 95.5 cm³/mol. The Kier molecular flexibility index (Phi) is 3.41. The van der Waals surface area contributed by atoms with E-state index in [1.54, 1.807) is 0 Å². The van der Waals surface area contributed by atoms with Crippen molar-refractivity contribution in [2.24, 2.45) is 23.0 Å². The second-order valence-corrected chi connectivity index (χ2v) is 8.49. The summed E-state index contributed by atoms with van der Waals surface area (Å²) in [5.41, 5.74) is 6.60. The Morgan fingerprint density at radius 3 is 2.62 bits per heavy atom. The maximum atomic E-state index is 6.45. The zero-order chi connectivity index (χ0) is 17.2. The van der Waals surface area contributed by atoms with Crippen LogP contribution < -0.4 is 5.73 Å². The van der Waals surface area contributed by atoms with Gasteiger partial charge in [-0.3, -0.25) is 0 Å². The van der Waals surface area contributed by atoms with Gasteiger partial charge in [-0.2, -0.15) is 0 Å². The molecule has 3 saturated carbocycles. The standard InChI is InChI=1S/C19H26BN2O2/c1-17(2)14-11-15(17)18(3)19(12-14,22-4)24-20(23-18)16(21)10-13-8-6-5-7-9-13/h4-9,14-16H,10-12,21H2,1-3H3/q+1/t14-,15-,16-,18-,19+/m0/s1. The van der Waals surface area contributed by atoms with Crippen molar-refractivity contribution < 1.29 is 9.31 Å². The quantitative estimate of drug-likeness (QED) is 0.869. The van der Waals surface area contributed by atoms with Crippen LogP contribution in [-0.4, -0.2) is 24.4 Å². The molecule has 126 valence electrons. The molecular weight excluding hydrogens is 299 g/mol. The van der Waals surface area contributed by atoms with Crippen LogP contribution in [0.15, 0.2) is 30.3 Å². The van der Waals surface area contributed by atoms with Gasteiger partial charge in [0.2, 0.25) is 0 Å². The van der Waals surface area contributed by atoms with E-state index in [-0.39, 0.29) is 11.4 Å². The molecule has 1 heterocycles. The Bertz CT molecular complexity index is 688. The third-order valence-electron chi connectivity index (χ3n) is 6.98. The zero-order valence-corrected chi connectivity index (χ0v) is 14.7. The van der Waals surface area contributed by atoms with Crippen molar-refractivity contribution in [3.63, 3.8) is 0 Å². The Balaban J connectivity index is 1.58. The first-order valence-corrected chi connectivity index (χ1v) is 8.89. The number of nitrogens with zero attached hydrogens (tertiary/aromatic N) is 1. The number of benzene rings is 1. The fourth-order valence-electron chi connectivity index (χ4n) is 5.27. The third kappa shape index (κ3) is 1.97. The Hall–Kier alpha value is -1.35. The van der Waals surface area contributed by atoms with Crippen molar-refractivity contribution in [1.29, 1.82) is 0 Å². The van der Waals surface area contributed by atoms with Crippen LogP contribution in [0.5, 0.6) is 0 Å². The lowest BCUT2D eigenvalue weighted by Gasteiger charge is -2.63. The molecule has 1 saturated heterocycles. The van der Waals surface area contributed by atoms with E-state index in [9.17, 15) is 0 Å². The molecule has 0 radical (unpaired) electrons. The van der Waals surface area contributed by atoms with Gasteiger partial charge in [-0.05, 0) is 41.5 Å². The highest BCUT2D eigenvalue weighted by molar-refractivity contribution is 6.47. The van der Waals surface area contributed by atoms with Gasteiger partial charge >= 0.3 is 12.8 Å². The summed E-state index contributed by atoms with van der Waals surface area (Å²) in [4.78, 5) is 4.20. The smallest absolute Gasteiger partial charge is 0.394 e. The molecule has 3 aliphatic carbocycles. The van der Waals surface area contributed by atoms with Crippen molar-refractivity contribution in [3.05, 3.63) is 40.7 Å². The summed E-state index contributed by atoms with van der Waals surface area (Å²) in [6.07, 6.45) is 2.68. The van der Waals surface area contributed by atoms with Crippen LogP contribution >= 0.6 is 0 Å². The molecule has 4 fully saturated rings. The van der Waals surface area contributed by atoms with E-state index in [0.29, 0.717) is 18.3 Å². The first kappa shape index (κ1) is 16.1. The molecule has 0 spiro atoms. The molecule has 4 aliphatic rings. The SMILES string of the molecule is C#[N+][C@@]12C[C@@H]3C[C@@H](C3(C)C)[C@]1(C)OB([C@@H](N)Cc1ccccc1)O2. The molecule has 0 aromatic heterocycles. The number of rotatable bonds is 3. The van der Waals surface area contributed by atoms with E-state index in [4.69, 9.17) is 21.6 Å². The monoisotopic (exact) mass is 325 g/mol. The number of hydrogen-bond acceptors (Lipinski definition) is 3. The minimum absolute atomic E-state index is 0.241. The number of hydrogen-bond donors (Lipinski definition) is 1.